The van der Waals surface area contributed by atoms with Crippen LogP contribution in [0.2, 0.25) is 0 Å². The van der Waals surface area contributed by atoms with Crippen LogP contribution in [0.25, 0.3) is 0 Å². The molecule has 2 atom stereocenters. The predicted octanol–water partition coefficient (Wildman–Crippen LogP) is 2.05. The maximum Gasteiger partial charge on any atom is 0.317 e. The lowest BCUT2D eigenvalue weighted by Gasteiger charge is -2.37. The van der Waals surface area contributed by atoms with Gasteiger partial charge < -0.3 is 24.4 Å². The summed E-state index contributed by atoms with van der Waals surface area (Å²) >= 11 is 0. The molecule has 0 aliphatic carbocycles. The van der Waals surface area contributed by atoms with Gasteiger partial charge in [-0.3, -0.25) is 0 Å². The number of para-hydroxylation sites is 1. The number of aromatic nitrogens is 2. The Bertz CT molecular complexity index is 800. The second-order valence-electron chi connectivity index (χ2n) is 7.08. The van der Waals surface area contributed by atoms with Crippen molar-refractivity contribution in [2.45, 2.75) is 32.4 Å². The molecule has 2 saturated heterocycles. The summed E-state index contributed by atoms with van der Waals surface area (Å²) in [5.41, 5.74) is 2.50. The van der Waals surface area contributed by atoms with Gasteiger partial charge in [-0.2, -0.15) is 4.98 Å². The van der Waals surface area contributed by atoms with Crippen molar-refractivity contribution in [3.05, 3.63) is 41.5 Å². The summed E-state index contributed by atoms with van der Waals surface area (Å²) < 4.78 is 10.9. The monoisotopic (exact) mass is 371 g/mol. The lowest BCUT2D eigenvalue weighted by Crippen LogP contribution is -2.54. The first-order valence-corrected chi connectivity index (χ1v) is 9.39. The van der Waals surface area contributed by atoms with Crippen molar-refractivity contribution in [2.75, 3.05) is 37.7 Å². The van der Waals surface area contributed by atoms with Gasteiger partial charge in [0.1, 0.15) is 0 Å². The third kappa shape index (κ3) is 3.75. The number of benzene rings is 1. The molecule has 3 heterocycles. The van der Waals surface area contributed by atoms with Gasteiger partial charge in [0.15, 0.2) is 11.9 Å². The van der Waals surface area contributed by atoms with Crippen molar-refractivity contribution in [3.63, 3.8) is 0 Å². The van der Waals surface area contributed by atoms with Gasteiger partial charge in [0.25, 0.3) is 5.89 Å². The molecule has 4 rings (SSSR count). The van der Waals surface area contributed by atoms with E-state index in [1.165, 1.54) is 11.3 Å². The highest BCUT2D eigenvalue weighted by Gasteiger charge is 2.36. The minimum atomic E-state index is -0.372. The maximum absolute atomic E-state index is 12.7. The molecule has 144 valence electrons. The van der Waals surface area contributed by atoms with Crippen molar-refractivity contribution >= 4 is 11.7 Å². The number of nitrogens with one attached hydrogen (secondary N) is 1. The van der Waals surface area contributed by atoms with Gasteiger partial charge >= 0.3 is 6.03 Å². The second kappa shape index (κ2) is 7.56. The van der Waals surface area contributed by atoms with Gasteiger partial charge in [-0.15, -0.1) is 0 Å². The highest BCUT2D eigenvalue weighted by Crippen LogP contribution is 2.28. The quantitative estimate of drug-likeness (QED) is 0.889. The predicted molar refractivity (Wildman–Crippen MR) is 99.6 cm³/mol. The van der Waals surface area contributed by atoms with E-state index >= 15 is 0 Å². The topological polar surface area (TPSA) is 83.7 Å². The van der Waals surface area contributed by atoms with Crippen LogP contribution < -0.4 is 10.2 Å². The highest BCUT2D eigenvalue weighted by molar-refractivity contribution is 5.75. The van der Waals surface area contributed by atoms with E-state index in [-0.39, 0.29) is 18.2 Å². The minimum absolute atomic E-state index is 0.0591. The van der Waals surface area contributed by atoms with Crippen LogP contribution in [0.4, 0.5) is 10.5 Å². The SMILES string of the molecule is Cc1noc([C@@H]2OCC[C@@H]2NC(=O)N2CCN(c3ccccc3C)CC2)n1. The number of ether oxygens (including phenoxy) is 1. The molecular weight excluding hydrogens is 346 g/mol. The zero-order valence-corrected chi connectivity index (χ0v) is 15.7. The number of carbonyl (C=O) groups is 1. The summed E-state index contributed by atoms with van der Waals surface area (Å²) in [4.78, 5) is 21.2. The summed E-state index contributed by atoms with van der Waals surface area (Å²) in [6.45, 7) is 7.49. The molecule has 2 aromatic rings. The molecule has 0 spiro atoms. The van der Waals surface area contributed by atoms with Gasteiger partial charge in [-0.1, -0.05) is 23.4 Å². The van der Waals surface area contributed by atoms with E-state index < -0.39 is 0 Å². The Balaban J connectivity index is 1.34. The number of anilines is 1. The molecule has 2 amide bonds. The first-order valence-electron chi connectivity index (χ1n) is 9.39. The average molecular weight is 371 g/mol. The van der Waals surface area contributed by atoms with Crippen LogP contribution in [0.5, 0.6) is 0 Å². The van der Waals surface area contributed by atoms with E-state index in [0.29, 0.717) is 31.4 Å². The largest absolute Gasteiger partial charge is 0.368 e. The van der Waals surface area contributed by atoms with Crippen LogP contribution >= 0.6 is 0 Å². The molecule has 2 aliphatic heterocycles. The Labute approximate surface area is 158 Å². The molecule has 27 heavy (non-hydrogen) atoms. The zero-order chi connectivity index (χ0) is 18.8. The number of hydrogen-bond acceptors (Lipinski definition) is 6. The molecule has 1 N–H and O–H groups in total. The van der Waals surface area contributed by atoms with Crippen molar-refractivity contribution in [2.24, 2.45) is 0 Å². The molecule has 0 radical (unpaired) electrons. The highest BCUT2D eigenvalue weighted by atomic mass is 16.5. The summed E-state index contributed by atoms with van der Waals surface area (Å²) in [6, 6.07) is 8.16. The third-order valence-electron chi connectivity index (χ3n) is 5.21. The standard InChI is InChI=1S/C19H25N5O3/c1-13-5-3-4-6-16(13)23-8-10-24(11-9-23)19(25)21-15-7-12-26-17(15)18-20-14(2)22-27-18/h3-6,15,17H,7-12H2,1-2H3,(H,21,25)/t15-,17+/m0/s1. The number of urea groups is 1. The van der Waals surface area contributed by atoms with Gasteiger partial charge in [0, 0.05) is 38.5 Å². The summed E-state index contributed by atoms with van der Waals surface area (Å²) in [5, 5.41) is 6.90. The molecule has 0 bridgehead atoms. The molecule has 2 fully saturated rings. The van der Waals surface area contributed by atoms with E-state index in [1.54, 1.807) is 6.92 Å². The lowest BCUT2D eigenvalue weighted by molar-refractivity contribution is 0.0708. The zero-order valence-electron chi connectivity index (χ0n) is 15.7. The minimum Gasteiger partial charge on any atom is -0.368 e. The first-order chi connectivity index (χ1) is 13.1. The fourth-order valence-corrected chi connectivity index (χ4v) is 3.73. The maximum atomic E-state index is 12.7. The summed E-state index contributed by atoms with van der Waals surface area (Å²) in [7, 11) is 0. The summed E-state index contributed by atoms with van der Waals surface area (Å²) in [6.07, 6.45) is 0.365. The van der Waals surface area contributed by atoms with Crippen LogP contribution in [0, 0.1) is 13.8 Å². The molecule has 0 saturated carbocycles. The Morgan fingerprint density at radius 3 is 2.67 bits per heavy atom. The number of nitrogens with zero attached hydrogens (tertiary/aromatic N) is 4. The van der Waals surface area contributed by atoms with Crippen molar-refractivity contribution in [3.8, 4) is 0 Å². The normalized spacial score (nSPS) is 22.9. The van der Waals surface area contributed by atoms with Crippen molar-refractivity contribution in [1.82, 2.24) is 20.4 Å². The molecule has 8 nitrogen and oxygen atoms in total. The Morgan fingerprint density at radius 1 is 1.19 bits per heavy atom. The smallest absolute Gasteiger partial charge is 0.317 e. The Kier molecular flexibility index (Phi) is 4.98. The van der Waals surface area contributed by atoms with Crippen LogP contribution in [0.1, 0.15) is 29.8 Å². The van der Waals surface area contributed by atoms with Crippen molar-refractivity contribution in [1.29, 1.82) is 0 Å². The number of amides is 2. The molecule has 0 unspecified atom stereocenters. The van der Waals surface area contributed by atoms with Crippen LogP contribution in [0.3, 0.4) is 0 Å². The van der Waals surface area contributed by atoms with Gasteiger partial charge in [-0.05, 0) is 31.9 Å². The van der Waals surface area contributed by atoms with E-state index in [1.807, 2.05) is 11.0 Å². The molecule has 1 aromatic heterocycles. The van der Waals surface area contributed by atoms with Gasteiger partial charge in [0.05, 0.1) is 6.04 Å². The molecular formula is C19H25N5O3. The molecule has 2 aliphatic rings. The fraction of sp³-hybridized carbons (Fsp3) is 0.526. The average Bonchev–Trinajstić information content (AvgIpc) is 3.31. The lowest BCUT2D eigenvalue weighted by atomic mass is 10.1. The van der Waals surface area contributed by atoms with E-state index in [9.17, 15) is 4.79 Å². The van der Waals surface area contributed by atoms with Crippen LogP contribution in [0.15, 0.2) is 28.8 Å². The second-order valence-corrected chi connectivity index (χ2v) is 7.08. The van der Waals surface area contributed by atoms with Crippen LogP contribution in [-0.2, 0) is 4.74 Å². The van der Waals surface area contributed by atoms with Gasteiger partial charge in [0.2, 0.25) is 0 Å². The first kappa shape index (κ1) is 17.8. The van der Waals surface area contributed by atoms with E-state index in [2.05, 4.69) is 45.5 Å². The van der Waals surface area contributed by atoms with E-state index in [0.717, 1.165) is 19.5 Å². The third-order valence-corrected chi connectivity index (χ3v) is 5.21. The fourth-order valence-electron chi connectivity index (χ4n) is 3.73. The number of hydrogen-bond donors (Lipinski definition) is 1. The Hall–Kier alpha value is -2.61. The number of carbonyl (C=O) groups excluding carboxylic acids is 1. The van der Waals surface area contributed by atoms with E-state index in [4.69, 9.17) is 9.26 Å². The summed E-state index contributed by atoms with van der Waals surface area (Å²) in [5.74, 6) is 0.998. The Morgan fingerprint density at radius 2 is 1.96 bits per heavy atom. The van der Waals surface area contributed by atoms with Crippen molar-refractivity contribution < 1.29 is 14.1 Å². The number of aryl methyl sites for hydroxylation is 2. The van der Waals surface area contributed by atoms with Gasteiger partial charge in [-0.25, -0.2) is 4.79 Å². The molecule has 8 heteroatoms. The number of piperazine rings is 1. The van der Waals surface area contributed by atoms with Crippen LogP contribution in [-0.4, -0.2) is 59.9 Å². The molecule has 1 aromatic carbocycles. The number of rotatable bonds is 3.